The lowest BCUT2D eigenvalue weighted by atomic mass is 10.1. The molecule has 2 aromatic carbocycles. The lowest BCUT2D eigenvalue weighted by Gasteiger charge is -2.07. The predicted molar refractivity (Wildman–Crippen MR) is 105 cm³/mol. The van der Waals surface area contributed by atoms with Crippen molar-refractivity contribution in [1.82, 2.24) is 5.32 Å². The molecule has 0 unspecified atom stereocenters. The number of halogens is 1. The van der Waals surface area contributed by atoms with E-state index in [1.807, 2.05) is 31.2 Å². The summed E-state index contributed by atoms with van der Waals surface area (Å²) in [7, 11) is 0. The van der Waals surface area contributed by atoms with Crippen LogP contribution in [0.15, 0.2) is 48.5 Å². The molecule has 3 aromatic rings. The molecule has 2 amide bonds. The van der Waals surface area contributed by atoms with Gasteiger partial charge >= 0.3 is 5.97 Å². The number of anilines is 1. The summed E-state index contributed by atoms with van der Waals surface area (Å²) in [5.41, 5.74) is 1.22. The van der Waals surface area contributed by atoms with Gasteiger partial charge in [-0.25, -0.2) is 9.18 Å². The quantitative estimate of drug-likeness (QED) is 0.622. The van der Waals surface area contributed by atoms with Crippen LogP contribution in [0.25, 0.3) is 10.1 Å². The van der Waals surface area contributed by atoms with Gasteiger partial charge in [-0.3, -0.25) is 9.59 Å². The van der Waals surface area contributed by atoms with Gasteiger partial charge in [-0.1, -0.05) is 18.2 Å². The van der Waals surface area contributed by atoms with Crippen LogP contribution in [0.5, 0.6) is 0 Å². The van der Waals surface area contributed by atoms with Crippen molar-refractivity contribution in [3.8, 4) is 0 Å². The Labute approximate surface area is 164 Å². The number of hydrogen-bond acceptors (Lipinski definition) is 5. The van der Waals surface area contributed by atoms with E-state index in [1.165, 1.54) is 35.6 Å². The van der Waals surface area contributed by atoms with Gasteiger partial charge in [-0.2, -0.15) is 0 Å². The average molecular weight is 400 g/mol. The molecule has 1 heterocycles. The Morgan fingerprint density at radius 1 is 1.04 bits per heavy atom. The van der Waals surface area contributed by atoms with Crippen molar-refractivity contribution >= 4 is 44.9 Å². The van der Waals surface area contributed by atoms with Crippen molar-refractivity contribution < 1.29 is 23.5 Å². The highest BCUT2D eigenvalue weighted by Crippen LogP contribution is 2.30. The molecule has 28 heavy (non-hydrogen) atoms. The Kier molecular flexibility index (Phi) is 6.00. The Hall–Kier alpha value is -3.26. The maximum atomic E-state index is 12.8. The van der Waals surface area contributed by atoms with Crippen molar-refractivity contribution in [2.24, 2.45) is 0 Å². The van der Waals surface area contributed by atoms with Crippen LogP contribution in [0.2, 0.25) is 0 Å². The van der Waals surface area contributed by atoms with Crippen molar-refractivity contribution in [1.29, 1.82) is 0 Å². The predicted octanol–water partition coefficient (Wildman–Crippen LogP) is 3.26. The number of esters is 1. The van der Waals surface area contributed by atoms with Crippen molar-refractivity contribution in [2.45, 2.75) is 6.92 Å². The molecule has 0 aliphatic heterocycles. The number of rotatable bonds is 6. The number of carbonyl (C=O) groups excluding carboxylic acids is 3. The smallest absolute Gasteiger partial charge is 0.349 e. The van der Waals surface area contributed by atoms with E-state index in [0.29, 0.717) is 10.6 Å². The molecule has 3 rings (SSSR count). The van der Waals surface area contributed by atoms with Crippen molar-refractivity contribution in [3.63, 3.8) is 0 Å². The monoisotopic (exact) mass is 400 g/mol. The van der Waals surface area contributed by atoms with Crippen LogP contribution >= 0.6 is 11.3 Å². The van der Waals surface area contributed by atoms with Crippen LogP contribution < -0.4 is 10.6 Å². The minimum atomic E-state index is -0.596. The van der Waals surface area contributed by atoms with Crippen molar-refractivity contribution in [3.05, 3.63) is 64.8 Å². The second-order valence-corrected chi connectivity index (χ2v) is 7.01. The van der Waals surface area contributed by atoms with Gasteiger partial charge in [-0.05, 0) is 48.2 Å². The van der Waals surface area contributed by atoms with Gasteiger partial charge in [0, 0.05) is 10.4 Å². The topological polar surface area (TPSA) is 84.5 Å². The molecule has 0 aliphatic rings. The first kappa shape index (κ1) is 19.5. The molecule has 1 aromatic heterocycles. The third kappa shape index (κ3) is 4.72. The maximum absolute atomic E-state index is 12.8. The Morgan fingerprint density at radius 2 is 1.75 bits per heavy atom. The van der Waals surface area contributed by atoms with E-state index in [2.05, 4.69) is 10.6 Å². The minimum Gasteiger partial charge on any atom is -0.451 e. The summed E-state index contributed by atoms with van der Waals surface area (Å²) in [5, 5.41) is 5.85. The Morgan fingerprint density at radius 3 is 2.46 bits per heavy atom. The fourth-order valence-electron chi connectivity index (χ4n) is 2.53. The SMILES string of the molecule is Cc1c(C(=O)OCC(=O)NCC(=O)Nc2ccc(F)cc2)sc2ccccc12. The van der Waals surface area contributed by atoms with E-state index in [-0.39, 0.29) is 6.54 Å². The molecule has 6 nitrogen and oxygen atoms in total. The number of aryl methyl sites for hydroxylation is 1. The number of fused-ring (bicyclic) bond motifs is 1. The minimum absolute atomic E-state index is 0.296. The molecule has 0 fully saturated rings. The van der Waals surface area contributed by atoms with E-state index in [9.17, 15) is 18.8 Å². The van der Waals surface area contributed by atoms with Crippen LogP contribution in [0.3, 0.4) is 0 Å². The molecule has 0 spiro atoms. The van der Waals surface area contributed by atoms with Gasteiger partial charge in [0.25, 0.3) is 5.91 Å². The molecule has 0 radical (unpaired) electrons. The molecule has 0 saturated carbocycles. The van der Waals surface area contributed by atoms with Gasteiger partial charge in [0.2, 0.25) is 5.91 Å². The van der Waals surface area contributed by atoms with Gasteiger partial charge in [0.15, 0.2) is 6.61 Å². The maximum Gasteiger partial charge on any atom is 0.349 e. The van der Waals surface area contributed by atoms with E-state index in [1.54, 1.807) is 0 Å². The largest absolute Gasteiger partial charge is 0.451 e. The van der Waals surface area contributed by atoms with E-state index in [4.69, 9.17) is 4.74 Å². The molecule has 0 atom stereocenters. The third-order valence-electron chi connectivity index (χ3n) is 3.94. The number of nitrogens with one attached hydrogen (secondary N) is 2. The van der Waals surface area contributed by atoms with Crippen molar-refractivity contribution in [2.75, 3.05) is 18.5 Å². The number of thiophene rings is 1. The second-order valence-electron chi connectivity index (χ2n) is 5.96. The molecule has 8 heteroatoms. The molecular weight excluding hydrogens is 383 g/mol. The Balaban J connectivity index is 1.47. The standard InChI is InChI=1S/C20H17FN2O4S/c1-12-15-4-2-3-5-16(15)28-19(12)20(26)27-11-18(25)22-10-17(24)23-14-8-6-13(21)7-9-14/h2-9H,10-11H2,1H3,(H,22,25)(H,23,24). The van der Waals surface area contributed by atoms with Crippen LogP contribution in [-0.2, 0) is 14.3 Å². The summed E-state index contributed by atoms with van der Waals surface area (Å²) in [6.07, 6.45) is 0. The normalized spacial score (nSPS) is 10.5. The zero-order valence-electron chi connectivity index (χ0n) is 15.0. The summed E-state index contributed by atoms with van der Waals surface area (Å²) in [6.45, 7) is 1.04. The molecule has 0 saturated heterocycles. The van der Waals surface area contributed by atoms with E-state index in [0.717, 1.165) is 15.6 Å². The first-order valence-corrected chi connectivity index (χ1v) is 9.23. The summed E-state index contributed by atoms with van der Waals surface area (Å²) in [4.78, 5) is 36.3. The van der Waals surface area contributed by atoms with Gasteiger partial charge in [-0.15, -0.1) is 11.3 Å². The lowest BCUT2D eigenvalue weighted by molar-refractivity contribution is -0.126. The van der Waals surface area contributed by atoms with Crippen LogP contribution in [0, 0.1) is 12.7 Å². The summed E-state index contributed by atoms with van der Waals surface area (Å²) < 4.78 is 18.8. The van der Waals surface area contributed by atoms with Gasteiger partial charge in [0.05, 0.1) is 6.54 Å². The van der Waals surface area contributed by atoms with E-state index < -0.39 is 30.2 Å². The number of ether oxygens (including phenoxy) is 1. The highest BCUT2D eigenvalue weighted by atomic mass is 32.1. The number of amides is 2. The molecule has 144 valence electrons. The zero-order valence-corrected chi connectivity index (χ0v) is 15.8. The first-order valence-electron chi connectivity index (χ1n) is 8.41. The fourth-order valence-corrected chi connectivity index (χ4v) is 3.64. The number of carbonyl (C=O) groups is 3. The van der Waals surface area contributed by atoms with Gasteiger partial charge in [0.1, 0.15) is 10.7 Å². The van der Waals surface area contributed by atoms with Crippen LogP contribution in [0.4, 0.5) is 10.1 Å². The third-order valence-corrected chi connectivity index (χ3v) is 5.19. The highest BCUT2D eigenvalue weighted by molar-refractivity contribution is 7.21. The molecule has 0 bridgehead atoms. The summed E-state index contributed by atoms with van der Waals surface area (Å²) in [5.74, 6) is -2.07. The molecule has 0 aliphatic carbocycles. The van der Waals surface area contributed by atoms with Gasteiger partial charge < -0.3 is 15.4 Å². The summed E-state index contributed by atoms with van der Waals surface area (Å²) >= 11 is 1.31. The summed E-state index contributed by atoms with van der Waals surface area (Å²) in [6, 6.07) is 12.8. The average Bonchev–Trinajstić information content (AvgIpc) is 3.03. The second kappa shape index (κ2) is 8.62. The zero-order chi connectivity index (χ0) is 20.1. The molecular formula is C20H17FN2O4S. The lowest BCUT2D eigenvalue weighted by Crippen LogP contribution is -2.35. The highest BCUT2D eigenvalue weighted by Gasteiger charge is 2.18. The van der Waals surface area contributed by atoms with Crippen LogP contribution in [-0.4, -0.2) is 30.9 Å². The first-order chi connectivity index (χ1) is 13.4. The number of benzene rings is 2. The Bertz CT molecular complexity index is 1030. The number of hydrogen-bond donors (Lipinski definition) is 2. The molecule has 2 N–H and O–H groups in total. The van der Waals surface area contributed by atoms with E-state index >= 15 is 0 Å². The fraction of sp³-hybridized carbons (Fsp3) is 0.150. The van der Waals surface area contributed by atoms with Crippen LogP contribution in [0.1, 0.15) is 15.2 Å².